The fraction of sp³-hybridized carbons (Fsp3) is 0.0455. The summed E-state index contributed by atoms with van der Waals surface area (Å²) in [5, 5.41) is 14.5. The molecule has 0 amide bonds. The number of aromatic nitrogens is 4. The van der Waals surface area contributed by atoms with Crippen molar-refractivity contribution in [1.82, 2.24) is 19.7 Å². The number of benzene rings is 2. The van der Waals surface area contributed by atoms with E-state index in [1.54, 1.807) is 29.8 Å². The number of thiophene rings is 1. The summed E-state index contributed by atoms with van der Waals surface area (Å²) in [6.45, 7) is 0. The number of hydrogen-bond acceptors (Lipinski definition) is 7. The SMILES string of the molecule is COc1ccc(-n2c(Sc3nc(-c4ccc(Cl)cc4)cs3)nnc2-c2cccs2)cc1. The fourth-order valence-corrected chi connectivity index (χ4v) is 5.60. The summed E-state index contributed by atoms with van der Waals surface area (Å²) in [6, 6.07) is 19.6. The van der Waals surface area contributed by atoms with Crippen LogP contribution in [0.3, 0.4) is 0 Å². The number of nitrogens with zero attached hydrogens (tertiary/aromatic N) is 4. The molecule has 3 aromatic heterocycles. The zero-order chi connectivity index (χ0) is 21.2. The summed E-state index contributed by atoms with van der Waals surface area (Å²) in [6.07, 6.45) is 0. The first-order valence-electron chi connectivity index (χ1n) is 9.24. The zero-order valence-electron chi connectivity index (χ0n) is 16.2. The van der Waals surface area contributed by atoms with Crippen molar-refractivity contribution in [2.24, 2.45) is 0 Å². The number of rotatable bonds is 6. The summed E-state index contributed by atoms with van der Waals surface area (Å²) in [5.41, 5.74) is 2.91. The molecule has 31 heavy (non-hydrogen) atoms. The third-order valence-electron chi connectivity index (χ3n) is 4.51. The molecule has 3 heterocycles. The molecule has 0 saturated heterocycles. The van der Waals surface area contributed by atoms with Crippen LogP contribution in [0, 0.1) is 0 Å². The first-order valence-corrected chi connectivity index (χ1v) is 12.2. The highest BCUT2D eigenvalue weighted by molar-refractivity contribution is 8.00. The summed E-state index contributed by atoms with van der Waals surface area (Å²) in [4.78, 5) is 5.83. The number of halogens is 1. The molecule has 0 radical (unpaired) electrons. The Labute approximate surface area is 196 Å². The molecular formula is C22H15ClN4OS3. The molecule has 2 aromatic carbocycles. The van der Waals surface area contributed by atoms with E-state index in [4.69, 9.17) is 21.3 Å². The summed E-state index contributed by atoms with van der Waals surface area (Å²) in [5.74, 6) is 1.60. The quantitative estimate of drug-likeness (QED) is 0.262. The van der Waals surface area contributed by atoms with E-state index >= 15 is 0 Å². The average molecular weight is 483 g/mol. The zero-order valence-corrected chi connectivity index (χ0v) is 19.4. The van der Waals surface area contributed by atoms with Crippen LogP contribution >= 0.6 is 46.0 Å². The summed E-state index contributed by atoms with van der Waals surface area (Å²) < 4.78 is 8.26. The number of thiazole rings is 1. The van der Waals surface area contributed by atoms with E-state index in [1.165, 1.54) is 11.8 Å². The van der Waals surface area contributed by atoms with Gasteiger partial charge in [0.25, 0.3) is 0 Å². The largest absolute Gasteiger partial charge is 0.497 e. The lowest BCUT2D eigenvalue weighted by molar-refractivity contribution is 0.414. The van der Waals surface area contributed by atoms with Gasteiger partial charge >= 0.3 is 0 Å². The highest BCUT2D eigenvalue weighted by atomic mass is 35.5. The second-order valence-corrected chi connectivity index (χ2v) is 9.88. The summed E-state index contributed by atoms with van der Waals surface area (Å²) >= 11 is 10.7. The van der Waals surface area contributed by atoms with E-state index in [2.05, 4.69) is 14.8 Å². The van der Waals surface area contributed by atoms with Crippen molar-refractivity contribution in [3.8, 4) is 33.4 Å². The second kappa shape index (κ2) is 8.84. The molecule has 0 aliphatic rings. The summed E-state index contributed by atoms with van der Waals surface area (Å²) in [7, 11) is 1.66. The van der Waals surface area contributed by atoms with Crippen LogP contribution in [0.15, 0.2) is 80.9 Å². The lowest BCUT2D eigenvalue weighted by Gasteiger charge is -2.09. The van der Waals surface area contributed by atoms with Crippen molar-refractivity contribution in [1.29, 1.82) is 0 Å². The Morgan fingerprint density at radius 3 is 2.48 bits per heavy atom. The maximum atomic E-state index is 6.00. The third-order valence-corrected chi connectivity index (χ3v) is 7.51. The first kappa shape index (κ1) is 20.3. The molecule has 0 atom stereocenters. The van der Waals surface area contributed by atoms with Gasteiger partial charge in [0.05, 0.1) is 23.4 Å². The van der Waals surface area contributed by atoms with E-state index in [0.717, 1.165) is 42.9 Å². The van der Waals surface area contributed by atoms with Gasteiger partial charge in [-0.2, -0.15) is 0 Å². The predicted octanol–water partition coefficient (Wildman–Crippen LogP) is 6.93. The van der Waals surface area contributed by atoms with Gasteiger partial charge in [0.1, 0.15) is 5.75 Å². The van der Waals surface area contributed by atoms with E-state index < -0.39 is 0 Å². The first-order chi connectivity index (χ1) is 15.2. The van der Waals surface area contributed by atoms with Crippen LogP contribution in [-0.2, 0) is 0 Å². The van der Waals surface area contributed by atoms with Crippen molar-refractivity contribution >= 4 is 46.0 Å². The van der Waals surface area contributed by atoms with E-state index in [1.807, 2.05) is 71.4 Å². The predicted molar refractivity (Wildman–Crippen MR) is 128 cm³/mol. The minimum Gasteiger partial charge on any atom is -0.497 e. The van der Waals surface area contributed by atoms with Crippen molar-refractivity contribution in [3.63, 3.8) is 0 Å². The third kappa shape index (κ3) is 4.24. The topological polar surface area (TPSA) is 52.8 Å². The van der Waals surface area contributed by atoms with Gasteiger partial charge in [-0.25, -0.2) is 4.98 Å². The Morgan fingerprint density at radius 1 is 0.968 bits per heavy atom. The van der Waals surface area contributed by atoms with Crippen LogP contribution in [-0.4, -0.2) is 26.9 Å². The van der Waals surface area contributed by atoms with Crippen molar-refractivity contribution in [2.75, 3.05) is 7.11 Å². The molecule has 5 aromatic rings. The number of methoxy groups -OCH3 is 1. The molecular weight excluding hydrogens is 468 g/mol. The highest BCUT2D eigenvalue weighted by Crippen LogP contribution is 2.36. The fourth-order valence-electron chi connectivity index (χ4n) is 3.00. The van der Waals surface area contributed by atoms with Gasteiger partial charge in [-0.3, -0.25) is 4.57 Å². The Morgan fingerprint density at radius 2 is 1.77 bits per heavy atom. The second-order valence-electron chi connectivity index (χ2n) is 6.42. The van der Waals surface area contributed by atoms with Crippen molar-refractivity contribution in [3.05, 3.63) is 76.4 Å². The van der Waals surface area contributed by atoms with E-state index in [9.17, 15) is 0 Å². The molecule has 0 fully saturated rings. The molecule has 9 heteroatoms. The van der Waals surface area contributed by atoms with Gasteiger partial charge in [-0.15, -0.1) is 32.9 Å². The minimum atomic E-state index is 0.710. The molecule has 154 valence electrons. The van der Waals surface area contributed by atoms with Gasteiger partial charge in [0, 0.05) is 16.0 Å². The Kier molecular flexibility index (Phi) is 5.78. The Hall–Kier alpha value is -2.65. The molecule has 5 rings (SSSR count). The van der Waals surface area contributed by atoms with E-state index in [0.29, 0.717) is 5.02 Å². The van der Waals surface area contributed by atoms with Crippen LogP contribution in [0.1, 0.15) is 0 Å². The van der Waals surface area contributed by atoms with Crippen molar-refractivity contribution < 1.29 is 4.74 Å². The van der Waals surface area contributed by atoms with Crippen LogP contribution in [0.4, 0.5) is 0 Å². The molecule has 0 saturated carbocycles. The lowest BCUT2D eigenvalue weighted by Crippen LogP contribution is -1.99. The van der Waals surface area contributed by atoms with Gasteiger partial charge in [-0.1, -0.05) is 29.8 Å². The number of ether oxygens (including phenoxy) is 1. The van der Waals surface area contributed by atoms with Crippen LogP contribution in [0.5, 0.6) is 5.75 Å². The number of hydrogen-bond donors (Lipinski definition) is 0. The lowest BCUT2D eigenvalue weighted by atomic mass is 10.2. The maximum absolute atomic E-state index is 6.00. The maximum Gasteiger partial charge on any atom is 0.203 e. The van der Waals surface area contributed by atoms with Gasteiger partial charge in [-0.05, 0) is 59.6 Å². The standard InChI is InChI=1S/C22H15ClN4OS3/c1-28-17-10-8-16(9-11-17)27-20(19-3-2-12-29-19)25-26-21(27)31-22-24-18(13-30-22)14-4-6-15(23)7-5-14/h2-13H,1H3. The Balaban J connectivity index is 1.51. The molecule has 0 spiro atoms. The normalized spacial score (nSPS) is 11.0. The van der Waals surface area contributed by atoms with Gasteiger partial charge < -0.3 is 4.74 Å². The van der Waals surface area contributed by atoms with Gasteiger partial charge in [0.15, 0.2) is 10.2 Å². The van der Waals surface area contributed by atoms with Crippen LogP contribution in [0.2, 0.25) is 5.02 Å². The average Bonchev–Trinajstić information content (AvgIpc) is 3.56. The van der Waals surface area contributed by atoms with Crippen molar-refractivity contribution in [2.45, 2.75) is 9.50 Å². The smallest absolute Gasteiger partial charge is 0.203 e. The monoisotopic (exact) mass is 482 g/mol. The van der Waals surface area contributed by atoms with Crippen LogP contribution < -0.4 is 4.74 Å². The molecule has 0 unspecified atom stereocenters. The molecule has 0 N–H and O–H groups in total. The highest BCUT2D eigenvalue weighted by Gasteiger charge is 2.19. The van der Waals surface area contributed by atoms with E-state index in [-0.39, 0.29) is 0 Å². The minimum absolute atomic E-state index is 0.710. The van der Waals surface area contributed by atoms with Crippen LogP contribution in [0.25, 0.3) is 27.6 Å². The molecule has 5 nitrogen and oxygen atoms in total. The van der Waals surface area contributed by atoms with Gasteiger partial charge in [0.2, 0.25) is 5.16 Å². The molecule has 0 aliphatic heterocycles. The molecule has 0 aliphatic carbocycles. The molecule has 0 bridgehead atoms. The Bertz CT molecular complexity index is 1300.